The molecule has 1 heterocycles. The number of nitrogens with one attached hydrogen (secondary N) is 2. The monoisotopic (exact) mass is 326 g/mol. The molecule has 0 saturated carbocycles. The summed E-state index contributed by atoms with van der Waals surface area (Å²) in [6.45, 7) is 1.11. The van der Waals surface area contributed by atoms with Crippen molar-refractivity contribution >= 4 is 34.0 Å². The average Bonchev–Trinajstić information content (AvgIpc) is 2.94. The highest BCUT2D eigenvalue weighted by molar-refractivity contribution is 7.18. The normalized spacial score (nSPS) is 10.4. The van der Waals surface area contributed by atoms with E-state index in [1.54, 1.807) is 13.2 Å². The molecular weight excluding hydrogens is 312 g/mol. The molecule has 0 bridgehead atoms. The van der Waals surface area contributed by atoms with Crippen molar-refractivity contribution in [2.45, 2.75) is 0 Å². The van der Waals surface area contributed by atoms with Crippen molar-refractivity contribution in [2.75, 3.05) is 32.1 Å². The van der Waals surface area contributed by atoms with Gasteiger partial charge < -0.3 is 15.4 Å². The number of hydrogen-bond donors (Lipinski definition) is 2. The number of carbonyl (C=O) groups excluding carboxylic acids is 1. The fourth-order valence-electron chi connectivity index (χ4n) is 1.55. The maximum absolute atomic E-state index is 11.5. The van der Waals surface area contributed by atoms with E-state index < -0.39 is 0 Å². The lowest BCUT2D eigenvalue weighted by atomic mass is 10.2. The van der Waals surface area contributed by atoms with E-state index >= 15 is 0 Å². The summed E-state index contributed by atoms with van der Waals surface area (Å²) in [6, 6.07) is 7.42. The van der Waals surface area contributed by atoms with E-state index in [-0.39, 0.29) is 12.5 Å². The van der Waals surface area contributed by atoms with Gasteiger partial charge in [0, 0.05) is 19.2 Å². The quantitative estimate of drug-likeness (QED) is 0.761. The minimum atomic E-state index is -0.124. The third-order valence-electron chi connectivity index (χ3n) is 2.56. The molecule has 2 aromatic rings. The van der Waals surface area contributed by atoms with Crippen LogP contribution in [0, 0.1) is 0 Å². The maximum atomic E-state index is 11.5. The van der Waals surface area contributed by atoms with Gasteiger partial charge in [0.25, 0.3) is 0 Å². The lowest BCUT2D eigenvalue weighted by Gasteiger charge is -2.04. The smallest absolute Gasteiger partial charge is 0.239 e. The summed E-state index contributed by atoms with van der Waals surface area (Å²) in [4.78, 5) is 11.5. The van der Waals surface area contributed by atoms with E-state index in [1.165, 1.54) is 11.3 Å². The molecule has 0 saturated heterocycles. The van der Waals surface area contributed by atoms with Gasteiger partial charge in [-0.25, -0.2) is 0 Å². The van der Waals surface area contributed by atoms with Crippen LogP contribution < -0.4 is 10.6 Å². The standard InChI is InChI=1S/C13H15ClN4O2S/c1-20-7-6-15-11(19)8-16-13-18-17-12(21-13)9-4-2-3-5-10(9)14/h2-5H,6-8H2,1H3,(H,15,19)(H,16,18). The van der Waals surface area contributed by atoms with Crippen LogP contribution in [0.2, 0.25) is 5.02 Å². The third-order valence-corrected chi connectivity index (χ3v) is 3.80. The Morgan fingerprint density at radius 1 is 1.38 bits per heavy atom. The molecule has 112 valence electrons. The SMILES string of the molecule is COCCNC(=O)CNc1nnc(-c2ccccc2Cl)s1. The summed E-state index contributed by atoms with van der Waals surface area (Å²) in [7, 11) is 1.59. The van der Waals surface area contributed by atoms with Crippen LogP contribution in [-0.2, 0) is 9.53 Å². The second kappa shape index (κ2) is 7.92. The van der Waals surface area contributed by atoms with Crippen molar-refractivity contribution in [3.8, 4) is 10.6 Å². The Balaban J connectivity index is 1.89. The first-order chi connectivity index (χ1) is 10.2. The molecule has 0 aliphatic heterocycles. The first-order valence-electron chi connectivity index (χ1n) is 6.28. The molecule has 1 aromatic carbocycles. The summed E-state index contributed by atoms with van der Waals surface area (Å²) < 4.78 is 4.85. The maximum Gasteiger partial charge on any atom is 0.239 e. The van der Waals surface area contributed by atoms with E-state index in [0.717, 1.165) is 5.56 Å². The second-order valence-corrected chi connectivity index (χ2v) is 5.47. The molecule has 6 nitrogen and oxygen atoms in total. The molecule has 21 heavy (non-hydrogen) atoms. The number of benzene rings is 1. The first-order valence-corrected chi connectivity index (χ1v) is 7.48. The molecule has 0 fully saturated rings. The van der Waals surface area contributed by atoms with E-state index in [2.05, 4.69) is 20.8 Å². The van der Waals surface area contributed by atoms with E-state index in [1.807, 2.05) is 18.2 Å². The first kappa shape index (κ1) is 15.7. The zero-order valence-corrected chi connectivity index (χ0v) is 13.0. The van der Waals surface area contributed by atoms with Gasteiger partial charge in [-0.1, -0.05) is 41.1 Å². The summed E-state index contributed by atoms with van der Waals surface area (Å²) in [6.07, 6.45) is 0. The molecule has 0 spiro atoms. The van der Waals surface area contributed by atoms with E-state index in [9.17, 15) is 4.79 Å². The van der Waals surface area contributed by atoms with Crippen molar-refractivity contribution in [2.24, 2.45) is 0 Å². The topological polar surface area (TPSA) is 76.1 Å². The summed E-state index contributed by atoms with van der Waals surface area (Å²) in [5.41, 5.74) is 0.828. The minimum absolute atomic E-state index is 0.124. The van der Waals surface area contributed by atoms with Crippen LogP contribution in [0.4, 0.5) is 5.13 Å². The third kappa shape index (κ3) is 4.66. The number of aromatic nitrogens is 2. The fourth-order valence-corrected chi connectivity index (χ4v) is 2.61. The molecule has 0 radical (unpaired) electrons. The minimum Gasteiger partial charge on any atom is -0.383 e. The van der Waals surface area contributed by atoms with Crippen LogP contribution in [0.15, 0.2) is 24.3 Å². The Hall–Kier alpha value is -1.70. The van der Waals surface area contributed by atoms with Crippen LogP contribution in [0.5, 0.6) is 0 Å². The zero-order chi connectivity index (χ0) is 15.1. The van der Waals surface area contributed by atoms with Crippen molar-refractivity contribution < 1.29 is 9.53 Å². The Kier molecular flexibility index (Phi) is 5.91. The Morgan fingerprint density at radius 3 is 2.95 bits per heavy atom. The number of amides is 1. The molecule has 8 heteroatoms. The molecular formula is C13H15ClN4O2S. The highest BCUT2D eigenvalue weighted by Gasteiger charge is 2.10. The molecule has 0 atom stereocenters. The number of carbonyl (C=O) groups is 1. The van der Waals surface area contributed by atoms with Gasteiger partial charge in [-0.05, 0) is 6.07 Å². The lowest BCUT2D eigenvalue weighted by Crippen LogP contribution is -2.32. The molecule has 0 aliphatic carbocycles. The Labute approximate surface area is 131 Å². The van der Waals surface area contributed by atoms with Gasteiger partial charge in [-0.3, -0.25) is 4.79 Å². The number of methoxy groups -OCH3 is 1. The van der Waals surface area contributed by atoms with Gasteiger partial charge in [0.2, 0.25) is 11.0 Å². The predicted molar refractivity (Wildman–Crippen MR) is 83.7 cm³/mol. The van der Waals surface area contributed by atoms with Crippen molar-refractivity contribution in [1.82, 2.24) is 15.5 Å². The Bertz CT molecular complexity index is 605. The molecule has 1 aromatic heterocycles. The molecule has 0 unspecified atom stereocenters. The van der Waals surface area contributed by atoms with Crippen LogP contribution >= 0.6 is 22.9 Å². The molecule has 2 N–H and O–H groups in total. The number of rotatable bonds is 7. The second-order valence-electron chi connectivity index (χ2n) is 4.09. The van der Waals surface area contributed by atoms with Crippen LogP contribution in [0.3, 0.4) is 0 Å². The van der Waals surface area contributed by atoms with Gasteiger partial charge in [0.05, 0.1) is 18.2 Å². The van der Waals surface area contributed by atoms with Gasteiger partial charge >= 0.3 is 0 Å². The molecule has 0 aliphatic rings. The summed E-state index contributed by atoms with van der Waals surface area (Å²) in [5, 5.41) is 15.6. The van der Waals surface area contributed by atoms with Crippen LogP contribution in [0.1, 0.15) is 0 Å². The van der Waals surface area contributed by atoms with Crippen LogP contribution in [0.25, 0.3) is 10.6 Å². The van der Waals surface area contributed by atoms with Crippen molar-refractivity contribution in [3.05, 3.63) is 29.3 Å². The number of halogens is 1. The van der Waals surface area contributed by atoms with Crippen molar-refractivity contribution in [3.63, 3.8) is 0 Å². The number of anilines is 1. The number of nitrogens with zero attached hydrogens (tertiary/aromatic N) is 2. The number of hydrogen-bond acceptors (Lipinski definition) is 6. The Morgan fingerprint density at radius 2 is 2.19 bits per heavy atom. The lowest BCUT2D eigenvalue weighted by molar-refractivity contribution is -0.119. The largest absolute Gasteiger partial charge is 0.383 e. The van der Waals surface area contributed by atoms with Gasteiger partial charge in [-0.2, -0.15) is 0 Å². The molecule has 1 amide bonds. The van der Waals surface area contributed by atoms with E-state index in [4.69, 9.17) is 16.3 Å². The number of ether oxygens (including phenoxy) is 1. The van der Waals surface area contributed by atoms with Crippen molar-refractivity contribution in [1.29, 1.82) is 0 Å². The van der Waals surface area contributed by atoms with Crippen LogP contribution in [-0.4, -0.2) is 42.9 Å². The van der Waals surface area contributed by atoms with Gasteiger partial charge in [0.15, 0.2) is 5.01 Å². The highest BCUT2D eigenvalue weighted by Crippen LogP contribution is 2.31. The summed E-state index contributed by atoms with van der Waals surface area (Å²) >= 11 is 7.46. The fraction of sp³-hybridized carbons (Fsp3) is 0.308. The highest BCUT2D eigenvalue weighted by atomic mass is 35.5. The average molecular weight is 327 g/mol. The van der Waals surface area contributed by atoms with E-state index in [0.29, 0.717) is 28.3 Å². The van der Waals surface area contributed by atoms with Gasteiger partial charge in [0.1, 0.15) is 0 Å². The zero-order valence-electron chi connectivity index (χ0n) is 11.4. The summed E-state index contributed by atoms with van der Waals surface area (Å²) in [5.74, 6) is -0.124. The molecule has 2 rings (SSSR count). The predicted octanol–water partition coefficient (Wildman–Crippen LogP) is 2.03. The van der Waals surface area contributed by atoms with Gasteiger partial charge in [-0.15, -0.1) is 10.2 Å².